The largest absolute Gasteiger partial charge is 0.344 e. The van der Waals surface area contributed by atoms with E-state index in [0.29, 0.717) is 11.7 Å². The number of amides is 1. The Balaban J connectivity index is 0.00000210. The topological polar surface area (TPSA) is 59.0 Å². The van der Waals surface area contributed by atoms with E-state index in [9.17, 15) is 4.79 Å². The van der Waals surface area contributed by atoms with Gasteiger partial charge >= 0.3 is 0 Å². The average Bonchev–Trinajstić information content (AvgIpc) is 3.18. The van der Waals surface area contributed by atoms with Crippen molar-refractivity contribution in [1.82, 2.24) is 20.4 Å². The molecule has 0 radical (unpaired) electrons. The molecule has 0 spiro atoms. The lowest BCUT2D eigenvalue weighted by Crippen LogP contribution is -2.32. The molecule has 4 rings (SSSR count). The lowest BCUT2D eigenvalue weighted by atomic mass is 9.99. The molecule has 1 amide bonds. The molecule has 2 atom stereocenters. The Morgan fingerprint density at radius 3 is 2.85 bits per heavy atom. The number of hydrogen-bond acceptors (Lipinski definition) is 3. The summed E-state index contributed by atoms with van der Waals surface area (Å²) < 4.78 is 1.92. The molecule has 142 valence electrons. The Kier molecular flexibility index (Phi) is 6.14. The number of benzene rings is 2. The maximum absolute atomic E-state index is 12.7. The van der Waals surface area contributed by atoms with Crippen molar-refractivity contribution in [1.29, 1.82) is 0 Å². The summed E-state index contributed by atoms with van der Waals surface area (Å²) in [6, 6.07) is 16.5. The fourth-order valence-corrected chi connectivity index (χ4v) is 3.70. The van der Waals surface area contributed by atoms with Gasteiger partial charge in [-0.05, 0) is 48.7 Å². The molecule has 5 nitrogen and oxygen atoms in total. The second-order valence-electron chi connectivity index (χ2n) is 6.94. The highest BCUT2D eigenvalue weighted by Gasteiger charge is 2.19. The van der Waals surface area contributed by atoms with E-state index in [0.717, 1.165) is 31.5 Å². The van der Waals surface area contributed by atoms with Gasteiger partial charge in [0.1, 0.15) is 5.69 Å². The minimum atomic E-state index is -0.132. The van der Waals surface area contributed by atoms with Crippen LogP contribution in [0, 0.1) is 0 Å². The highest BCUT2D eigenvalue weighted by molar-refractivity contribution is 5.93. The van der Waals surface area contributed by atoms with Gasteiger partial charge in [0.15, 0.2) is 0 Å². The van der Waals surface area contributed by atoms with E-state index in [-0.39, 0.29) is 24.4 Å². The van der Waals surface area contributed by atoms with E-state index in [1.165, 1.54) is 10.8 Å². The summed E-state index contributed by atoms with van der Waals surface area (Å²) >= 11 is 0. The number of piperidine rings is 1. The smallest absolute Gasteiger partial charge is 0.272 e. The fourth-order valence-electron chi connectivity index (χ4n) is 3.70. The quantitative estimate of drug-likeness (QED) is 0.717. The monoisotopic (exact) mass is 384 g/mol. The van der Waals surface area contributed by atoms with Gasteiger partial charge < -0.3 is 10.6 Å². The first-order valence-electron chi connectivity index (χ1n) is 9.27. The van der Waals surface area contributed by atoms with Crippen molar-refractivity contribution in [2.45, 2.75) is 31.8 Å². The average molecular weight is 385 g/mol. The first kappa shape index (κ1) is 19.4. The molecule has 6 heteroatoms. The predicted molar refractivity (Wildman–Crippen MR) is 110 cm³/mol. The van der Waals surface area contributed by atoms with E-state index in [1.807, 2.05) is 36.0 Å². The molecular weight excluding hydrogens is 360 g/mol. The number of carbonyl (C=O) groups excluding carboxylic acids is 1. The van der Waals surface area contributed by atoms with Crippen LogP contribution < -0.4 is 10.6 Å². The van der Waals surface area contributed by atoms with Crippen LogP contribution in [0.5, 0.6) is 0 Å². The van der Waals surface area contributed by atoms with Gasteiger partial charge in [-0.3, -0.25) is 9.48 Å². The fraction of sp³-hybridized carbons (Fsp3) is 0.333. The zero-order valence-electron chi connectivity index (χ0n) is 15.4. The lowest BCUT2D eigenvalue weighted by Gasteiger charge is -2.23. The van der Waals surface area contributed by atoms with Crippen LogP contribution in [0.3, 0.4) is 0 Å². The van der Waals surface area contributed by atoms with E-state index in [2.05, 4.69) is 40.0 Å². The summed E-state index contributed by atoms with van der Waals surface area (Å²) in [6.07, 6.45) is 4.15. The second-order valence-corrected chi connectivity index (χ2v) is 6.94. The molecule has 3 aromatic rings. The highest BCUT2D eigenvalue weighted by Crippen LogP contribution is 2.24. The van der Waals surface area contributed by atoms with Crippen LogP contribution in [0.1, 0.15) is 47.9 Å². The van der Waals surface area contributed by atoms with E-state index < -0.39 is 0 Å². The van der Waals surface area contributed by atoms with Gasteiger partial charge in [-0.25, -0.2) is 0 Å². The second kappa shape index (κ2) is 8.55. The molecule has 1 saturated heterocycles. The maximum atomic E-state index is 12.7. The van der Waals surface area contributed by atoms with Crippen molar-refractivity contribution in [3.8, 4) is 0 Å². The number of nitrogens with one attached hydrogen (secondary N) is 2. The molecule has 2 unspecified atom stereocenters. The molecule has 1 aliphatic heterocycles. The molecule has 0 saturated carbocycles. The standard InChI is InChI=1S/C21H24N4O.ClH/c1-15(18-10-4-7-16-6-2-3-9-19(16)18)23-21(26)20-11-13-25(24-20)17-8-5-12-22-14-17;/h2-4,6-7,9-11,13,15,17,22H,5,8,12,14H2,1H3,(H,23,26);1H. The van der Waals surface area contributed by atoms with Crippen molar-refractivity contribution in [3.05, 3.63) is 66.0 Å². The first-order valence-corrected chi connectivity index (χ1v) is 9.27. The van der Waals surface area contributed by atoms with Gasteiger partial charge in [0, 0.05) is 12.7 Å². The van der Waals surface area contributed by atoms with E-state index >= 15 is 0 Å². The first-order chi connectivity index (χ1) is 12.7. The normalized spacial score (nSPS) is 17.9. The highest BCUT2D eigenvalue weighted by atomic mass is 35.5. The SMILES string of the molecule is CC(NC(=O)c1ccn(C2CCCNC2)n1)c1cccc2ccccc12.Cl. The lowest BCUT2D eigenvalue weighted by molar-refractivity contribution is 0.0933. The molecule has 1 aliphatic rings. The van der Waals surface area contributed by atoms with Gasteiger partial charge in [0.2, 0.25) is 0 Å². The van der Waals surface area contributed by atoms with Crippen LogP contribution >= 0.6 is 12.4 Å². The predicted octanol–water partition coefficient (Wildman–Crippen LogP) is 3.87. The summed E-state index contributed by atoms with van der Waals surface area (Å²) in [4.78, 5) is 12.7. The van der Waals surface area contributed by atoms with Crippen molar-refractivity contribution in [3.63, 3.8) is 0 Å². The Morgan fingerprint density at radius 2 is 2.04 bits per heavy atom. The third-order valence-corrected chi connectivity index (χ3v) is 5.12. The number of nitrogens with zero attached hydrogens (tertiary/aromatic N) is 2. The van der Waals surface area contributed by atoms with E-state index in [1.54, 1.807) is 6.07 Å². The third kappa shape index (κ3) is 4.15. The van der Waals surface area contributed by atoms with Crippen LogP contribution in [0.25, 0.3) is 10.8 Å². The molecule has 0 bridgehead atoms. The maximum Gasteiger partial charge on any atom is 0.272 e. The van der Waals surface area contributed by atoms with Crippen LogP contribution in [0.2, 0.25) is 0 Å². The summed E-state index contributed by atoms with van der Waals surface area (Å²) in [5, 5.41) is 13.3. The molecule has 2 aromatic carbocycles. The van der Waals surface area contributed by atoms with Crippen LogP contribution in [0.15, 0.2) is 54.7 Å². The Morgan fingerprint density at radius 1 is 1.22 bits per heavy atom. The number of hydrogen-bond donors (Lipinski definition) is 2. The van der Waals surface area contributed by atoms with Gasteiger partial charge in [-0.2, -0.15) is 5.10 Å². The summed E-state index contributed by atoms with van der Waals surface area (Å²) in [5.41, 5.74) is 1.59. The molecule has 27 heavy (non-hydrogen) atoms. The number of fused-ring (bicyclic) bond motifs is 1. The molecule has 2 heterocycles. The summed E-state index contributed by atoms with van der Waals surface area (Å²) in [7, 11) is 0. The zero-order valence-corrected chi connectivity index (χ0v) is 16.2. The molecule has 2 N–H and O–H groups in total. The number of rotatable bonds is 4. The third-order valence-electron chi connectivity index (χ3n) is 5.12. The van der Waals surface area contributed by atoms with Crippen LogP contribution in [0.4, 0.5) is 0 Å². The Hall–Kier alpha value is -2.37. The van der Waals surface area contributed by atoms with Gasteiger partial charge in [0.05, 0.1) is 12.1 Å². The van der Waals surface area contributed by atoms with Gasteiger partial charge in [-0.1, -0.05) is 42.5 Å². The zero-order chi connectivity index (χ0) is 17.9. The van der Waals surface area contributed by atoms with Crippen molar-refractivity contribution in [2.24, 2.45) is 0 Å². The number of carbonyl (C=O) groups is 1. The van der Waals surface area contributed by atoms with Crippen LogP contribution in [-0.2, 0) is 0 Å². The van der Waals surface area contributed by atoms with Crippen molar-refractivity contribution < 1.29 is 4.79 Å². The minimum absolute atomic E-state index is 0. The van der Waals surface area contributed by atoms with Crippen LogP contribution in [-0.4, -0.2) is 28.8 Å². The summed E-state index contributed by atoms with van der Waals surface area (Å²) in [6.45, 7) is 3.99. The molecule has 1 fully saturated rings. The number of halogens is 1. The summed E-state index contributed by atoms with van der Waals surface area (Å²) in [5.74, 6) is -0.132. The Bertz CT molecular complexity index is 912. The van der Waals surface area contributed by atoms with Crippen molar-refractivity contribution in [2.75, 3.05) is 13.1 Å². The number of aromatic nitrogens is 2. The Labute approximate surface area is 165 Å². The van der Waals surface area contributed by atoms with Gasteiger partial charge in [-0.15, -0.1) is 12.4 Å². The van der Waals surface area contributed by atoms with Gasteiger partial charge in [0.25, 0.3) is 5.91 Å². The minimum Gasteiger partial charge on any atom is -0.344 e. The molecule has 1 aromatic heterocycles. The molecular formula is C21H25ClN4O. The molecule has 0 aliphatic carbocycles. The van der Waals surface area contributed by atoms with E-state index in [4.69, 9.17) is 0 Å². The van der Waals surface area contributed by atoms with Crippen molar-refractivity contribution >= 4 is 29.1 Å².